The third kappa shape index (κ3) is 4.41. The molecule has 2 fully saturated rings. The predicted octanol–water partition coefficient (Wildman–Crippen LogP) is 1.72. The number of allylic oxidation sites excluding steroid dienone is 1. The summed E-state index contributed by atoms with van der Waals surface area (Å²) in [5.41, 5.74) is 2.26. The maximum atomic E-state index is 12.6. The summed E-state index contributed by atoms with van der Waals surface area (Å²) in [5.74, 6) is 1.77. The number of hydrogen-bond acceptors (Lipinski definition) is 4. The van der Waals surface area contributed by atoms with Crippen molar-refractivity contribution < 1.29 is 4.79 Å². The summed E-state index contributed by atoms with van der Waals surface area (Å²) in [4.78, 5) is 34.1. The number of carbonyl (C=O) groups excluding carboxylic acids is 1. The van der Waals surface area contributed by atoms with Crippen LogP contribution in [0.2, 0.25) is 0 Å². The van der Waals surface area contributed by atoms with Gasteiger partial charge in [-0.25, -0.2) is 4.98 Å². The second kappa shape index (κ2) is 7.74. The van der Waals surface area contributed by atoms with E-state index in [1.807, 2.05) is 0 Å². The number of H-pyrrole nitrogens is 1. The van der Waals surface area contributed by atoms with Crippen molar-refractivity contribution in [2.75, 3.05) is 19.6 Å². The van der Waals surface area contributed by atoms with Crippen molar-refractivity contribution in [1.82, 2.24) is 20.2 Å². The molecule has 6 heteroatoms. The topological polar surface area (TPSA) is 78.1 Å². The molecule has 1 aromatic rings. The molecule has 2 N–H and O–H groups in total. The van der Waals surface area contributed by atoms with Crippen LogP contribution in [0.15, 0.2) is 16.4 Å². The van der Waals surface area contributed by atoms with Gasteiger partial charge in [0.1, 0.15) is 5.82 Å². The van der Waals surface area contributed by atoms with Gasteiger partial charge in [0.05, 0.1) is 6.42 Å². The molecule has 1 aliphatic carbocycles. The first kappa shape index (κ1) is 18.8. The molecule has 1 saturated carbocycles. The van der Waals surface area contributed by atoms with Gasteiger partial charge in [-0.1, -0.05) is 11.6 Å². The van der Waals surface area contributed by atoms with E-state index < -0.39 is 0 Å². The van der Waals surface area contributed by atoms with Gasteiger partial charge in [-0.15, -0.1) is 0 Å². The zero-order valence-corrected chi connectivity index (χ0v) is 16.3. The molecule has 2 atom stereocenters. The summed E-state index contributed by atoms with van der Waals surface area (Å²) in [5, 5.41) is 3.21. The molecule has 1 amide bonds. The molecule has 0 bridgehead atoms. The molecule has 142 valence electrons. The van der Waals surface area contributed by atoms with E-state index in [1.165, 1.54) is 18.4 Å². The standard InChI is InChI=1S/C20H30N4O2/c1-5-12(2)9-24-10-17(15-6-7-15)18(11-24)23-19(25)8-16-13(3)21-14(4)22-20(16)26/h5,15,17-18H,6-11H2,1-4H3,(H,23,25)(H,21,22,26)/b12-5+/t17-,18+/m1/s1. The zero-order chi connectivity index (χ0) is 18.8. The maximum Gasteiger partial charge on any atom is 0.254 e. The van der Waals surface area contributed by atoms with E-state index in [9.17, 15) is 9.59 Å². The predicted molar refractivity (Wildman–Crippen MR) is 102 cm³/mol. The van der Waals surface area contributed by atoms with E-state index >= 15 is 0 Å². The summed E-state index contributed by atoms with van der Waals surface area (Å²) in [6, 6.07) is 0.178. The number of aromatic nitrogens is 2. The Hall–Kier alpha value is -1.95. The summed E-state index contributed by atoms with van der Waals surface area (Å²) in [7, 11) is 0. The molecule has 0 spiro atoms. The molecule has 6 nitrogen and oxygen atoms in total. The molecule has 1 aromatic heterocycles. The van der Waals surface area contributed by atoms with E-state index in [0.29, 0.717) is 23.0 Å². The van der Waals surface area contributed by atoms with Crippen LogP contribution in [0.5, 0.6) is 0 Å². The number of hydrogen-bond donors (Lipinski definition) is 2. The van der Waals surface area contributed by atoms with E-state index in [4.69, 9.17) is 0 Å². The molecular formula is C20H30N4O2. The van der Waals surface area contributed by atoms with Crippen LogP contribution >= 0.6 is 0 Å². The number of nitrogens with one attached hydrogen (secondary N) is 2. The highest BCUT2D eigenvalue weighted by Gasteiger charge is 2.42. The van der Waals surface area contributed by atoms with Gasteiger partial charge in [-0.3, -0.25) is 14.5 Å². The van der Waals surface area contributed by atoms with Crippen molar-refractivity contribution in [1.29, 1.82) is 0 Å². The van der Waals surface area contributed by atoms with Gasteiger partial charge in [0.2, 0.25) is 5.91 Å². The minimum Gasteiger partial charge on any atom is -0.351 e. The van der Waals surface area contributed by atoms with Crippen LogP contribution in [0.3, 0.4) is 0 Å². The quantitative estimate of drug-likeness (QED) is 0.759. The molecule has 1 saturated heterocycles. The fourth-order valence-corrected chi connectivity index (χ4v) is 4.02. The molecule has 0 unspecified atom stereocenters. The molecule has 1 aliphatic heterocycles. The average Bonchev–Trinajstić information content (AvgIpc) is 3.33. The van der Waals surface area contributed by atoms with Crippen molar-refractivity contribution in [2.24, 2.45) is 11.8 Å². The zero-order valence-electron chi connectivity index (χ0n) is 16.3. The minimum atomic E-state index is -0.208. The maximum absolute atomic E-state index is 12.6. The van der Waals surface area contributed by atoms with Crippen molar-refractivity contribution in [3.63, 3.8) is 0 Å². The third-order valence-electron chi connectivity index (χ3n) is 5.66. The summed E-state index contributed by atoms with van der Waals surface area (Å²) < 4.78 is 0. The second-order valence-electron chi connectivity index (χ2n) is 7.90. The monoisotopic (exact) mass is 358 g/mol. The van der Waals surface area contributed by atoms with Crippen LogP contribution in [0.25, 0.3) is 0 Å². The lowest BCUT2D eigenvalue weighted by molar-refractivity contribution is -0.121. The van der Waals surface area contributed by atoms with Gasteiger partial charge >= 0.3 is 0 Å². The lowest BCUT2D eigenvalue weighted by atomic mass is 9.98. The normalized spacial score (nSPS) is 24.1. The third-order valence-corrected chi connectivity index (χ3v) is 5.66. The molecule has 2 aliphatic rings. The lowest BCUT2D eigenvalue weighted by Crippen LogP contribution is -2.42. The van der Waals surface area contributed by atoms with Gasteiger partial charge in [-0.05, 0) is 52.4 Å². The van der Waals surface area contributed by atoms with E-state index in [2.05, 4.69) is 40.1 Å². The van der Waals surface area contributed by atoms with Crippen LogP contribution in [0.4, 0.5) is 0 Å². The van der Waals surface area contributed by atoms with Gasteiger partial charge in [0.25, 0.3) is 5.56 Å². The first-order valence-corrected chi connectivity index (χ1v) is 9.57. The van der Waals surface area contributed by atoms with Crippen LogP contribution in [-0.2, 0) is 11.2 Å². The summed E-state index contributed by atoms with van der Waals surface area (Å²) in [6.45, 7) is 10.7. The van der Waals surface area contributed by atoms with Crippen LogP contribution in [-0.4, -0.2) is 46.5 Å². The molecule has 2 heterocycles. The minimum absolute atomic E-state index is 0.0792. The molecule has 0 aromatic carbocycles. The number of nitrogens with zero attached hydrogens (tertiary/aromatic N) is 2. The smallest absolute Gasteiger partial charge is 0.254 e. The van der Waals surface area contributed by atoms with Crippen LogP contribution in [0, 0.1) is 25.7 Å². The van der Waals surface area contributed by atoms with Gasteiger partial charge in [-0.2, -0.15) is 0 Å². The van der Waals surface area contributed by atoms with E-state index in [0.717, 1.165) is 25.6 Å². The Morgan fingerprint density at radius 1 is 1.35 bits per heavy atom. The Morgan fingerprint density at radius 2 is 2.08 bits per heavy atom. The number of aryl methyl sites for hydroxylation is 2. The van der Waals surface area contributed by atoms with Crippen LogP contribution in [0.1, 0.15) is 43.8 Å². The fourth-order valence-electron chi connectivity index (χ4n) is 4.02. The van der Waals surface area contributed by atoms with Crippen molar-refractivity contribution in [3.8, 4) is 0 Å². The number of amides is 1. The highest BCUT2D eigenvalue weighted by atomic mass is 16.2. The Kier molecular flexibility index (Phi) is 5.61. The lowest BCUT2D eigenvalue weighted by Gasteiger charge is -2.19. The Balaban J connectivity index is 1.65. The number of aromatic amines is 1. The average molecular weight is 358 g/mol. The molecular weight excluding hydrogens is 328 g/mol. The van der Waals surface area contributed by atoms with Gasteiger partial charge in [0.15, 0.2) is 0 Å². The fraction of sp³-hybridized carbons (Fsp3) is 0.650. The Bertz CT molecular complexity index is 764. The highest BCUT2D eigenvalue weighted by Crippen LogP contribution is 2.41. The van der Waals surface area contributed by atoms with E-state index in [-0.39, 0.29) is 23.9 Å². The van der Waals surface area contributed by atoms with Crippen molar-refractivity contribution in [3.05, 3.63) is 39.1 Å². The van der Waals surface area contributed by atoms with Gasteiger partial charge < -0.3 is 10.3 Å². The highest BCUT2D eigenvalue weighted by molar-refractivity contribution is 5.79. The van der Waals surface area contributed by atoms with Crippen molar-refractivity contribution >= 4 is 5.91 Å². The number of carbonyl (C=O) groups is 1. The first-order chi connectivity index (χ1) is 12.4. The molecule has 3 rings (SSSR count). The number of rotatable bonds is 6. The Labute approximate surface area is 155 Å². The van der Waals surface area contributed by atoms with Crippen molar-refractivity contribution in [2.45, 2.75) is 53.0 Å². The SMILES string of the molecule is C/C=C(\C)CN1C[C@H](NC(=O)Cc2c(C)nc(C)[nH]c2=O)[C@@H](C2CC2)C1. The van der Waals surface area contributed by atoms with Gasteiger partial charge in [0, 0.05) is 36.9 Å². The summed E-state index contributed by atoms with van der Waals surface area (Å²) in [6.07, 6.45) is 4.79. The second-order valence-corrected chi connectivity index (χ2v) is 7.90. The Morgan fingerprint density at radius 3 is 2.69 bits per heavy atom. The molecule has 0 radical (unpaired) electrons. The number of likely N-dealkylation sites (tertiary alicyclic amines) is 1. The largest absolute Gasteiger partial charge is 0.351 e. The van der Waals surface area contributed by atoms with Crippen LogP contribution < -0.4 is 10.9 Å². The molecule has 26 heavy (non-hydrogen) atoms. The van der Waals surface area contributed by atoms with E-state index in [1.54, 1.807) is 13.8 Å². The first-order valence-electron chi connectivity index (χ1n) is 9.57. The summed E-state index contributed by atoms with van der Waals surface area (Å²) >= 11 is 0.